The van der Waals surface area contributed by atoms with Crippen molar-refractivity contribution < 1.29 is 9.53 Å². The minimum atomic E-state index is -0.508. The predicted molar refractivity (Wildman–Crippen MR) is 81.3 cm³/mol. The second kappa shape index (κ2) is 6.92. The molecule has 0 amide bonds. The van der Waals surface area contributed by atoms with Gasteiger partial charge in [-0.25, -0.2) is 14.8 Å². The first-order chi connectivity index (χ1) is 9.60. The Bertz CT molecular complexity index is 618. The highest BCUT2D eigenvalue weighted by Crippen LogP contribution is 2.28. The lowest BCUT2D eigenvalue weighted by molar-refractivity contribution is 0.0526. The predicted octanol–water partition coefficient (Wildman–Crippen LogP) is 3.24. The molecular weight excluding hydrogens is 318 g/mol. The highest BCUT2D eigenvalue weighted by molar-refractivity contribution is 7.98. The lowest BCUT2D eigenvalue weighted by atomic mass is 10.3. The molecule has 0 fully saturated rings. The first-order valence-electron chi connectivity index (χ1n) is 5.76. The number of carbonyl (C=O) groups is 1. The molecule has 106 valence electrons. The highest BCUT2D eigenvalue weighted by Gasteiger charge is 2.13. The summed E-state index contributed by atoms with van der Waals surface area (Å²) in [5.74, 6) is 0.326. The summed E-state index contributed by atoms with van der Waals surface area (Å²) in [5.41, 5.74) is 5.93. The lowest BCUT2D eigenvalue weighted by Gasteiger charge is -2.05. The van der Waals surface area contributed by atoms with Gasteiger partial charge in [0.25, 0.3) is 0 Å². The zero-order chi connectivity index (χ0) is 14.5. The standard InChI is InChI=1S/C12H12ClN3O2S2/c1-2-18-11(17)8-5-15-12(16-10(8)14)19-6-7-3-4-9(13)20-7/h3-5H,2,6H2,1H3,(H2,14,15,16). The number of thiophene rings is 1. The Hall–Kier alpha value is -1.31. The van der Waals surface area contributed by atoms with Gasteiger partial charge in [-0.05, 0) is 19.1 Å². The van der Waals surface area contributed by atoms with Gasteiger partial charge in [-0.2, -0.15) is 0 Å². The van der Waals surface area contributed by atoms with Crippen LogP contribution in [0.3, 0.4) is 0 Å². The van der Waals surface area contributed by atoms with Crippen LogP contribution in [0.4, 0.5) is 5.82 Å². The summed E-state index contributed by atoms with van der Waals surface area (Å²) in [6.45, 7) is 2.01. The number of carbonyl (C=O) groups excluding carboxylic acids is 1. The molecule has 0 bridgehead atoms. The minimum absolute atomic E-state index is 0.130. The van der Waals surface area contributed by atoms with E-state index in [2.05, 4.69) is 9.97 Å². The number of ether oxygens (including phenoxy) is 1. The van der Waals surface area contributed by atoms with Crippen LogP contribution in [0.15, 0.2) is 23.5 Å². The van der Waals surface area contributed by atoms with Crippen LogP contribution in [-0.4, -0.2) is 22.5 Å². The molecule has 0 saturated heterocycles. The molecule has 0 atom stereocenters. The number of hydrogen-bond acceptors (Lipinski definition) is 7. The van der Waals surface area contributed by atoms with E-state index in [1.165, 1.54) is 29.3 Å². The number of anilines is 1. The largest absolute Gasteiger partial charge is 0.462 e. The lowest BCUT2D eigenvalue weighted by Crippen LogP contribution is -2.10. The first kappa shape index (κ1) is 15.1. The zero-order valence-corrected chi connectivity index (χ0v) is 13.0. The van der Waals surface area contributed by atoms with Crippen LogP contribution in [-0.2, 0) is 10.5 Å². The Kier molecular flexibility index (Phi) is 5.22. The Labute approximate surface area is 129 Å². The quantitative estimate of drug-likeness (QED) is 0.515. The molecule has 5 nitrogen and oxygen atoms in total. The van der Waals surface area contributed by atoms with Crippen molar-refractivity contribution in [2.75, 3.05) is 12.3 Å². The maximum Gasteiger partial charge on any atom is 0.343 e. The number of halogens is 1. The van der Waals surface area contributed by atoms with E-state index in [-0.39, 0.29) is 18.0 Å². The molecule has 2 rings (SSSR count). The van der Waals surface area contributed by atoms with E-state index in [9.17, 15) is 4.79 Å². The van der Waals surface area contributed by atoms with Crippen LogP contribution in [0.1, 0.15) is 22.2 Å². The molecule has 0 saturated carbocycles. The molecule has 8 heteroatoms. The third kappa shape index (κ3) is 3.84. The maximum absolute atomic E-state index is 11.6. The van der Waals surface area contributed by atoms with Gasteiger partial charge >= 0.3 is 5.97 Å². The fourth-order valence-corrected chi connectivity index (χ4v) is 3.33. The topological polar surface area (TPSA) is 78.1 Å². The number of rotatable bonds is 5. The third-order valence-corrected chi connectivity index (χ3v) is 4.59. The average molecular weight is 330 g/mol. The summed E-state index contributed by atoms with van der Waals surface area (Å²) in [7, 11) is 0. The zero-order valence-electron chi connectivity index (χ0n) is 10.6. The number of hydrogen-bond donors (Lipinski definition) is 1. The summed E-state index contributed by atoms with van der Waals surface area (Å²) in [6.07, 6.45) is 1.39. The molecule has 2 N–H and O–H groups in total. The summed E-state index contributed by atoms with van der Waals surface area (Å²) >= 11 is 8.80. The van der Waals surface area contributed by atoms with Crippen LogP contribution in [0, 0.1) is 0 Å². The van der Waals surface area contributed by atoms with Crippen molar-refractivity contribution in [2.45, 2.75) is 17.8 Å². The Morgan fingerprint density at radius 2 is 2.35 bits per heavy atom. The second-order valence-corrected chi connectivity index (χ2v) is 6.41. The third-order valence-electron chi connectivity index (χ3n) is 2.26. The molecule has 0 aromatic carbocycles. The molecule has 0 aliphatic heterocycles. The number of esters is 1. The number of nitrogens with two attached hydrogens (primary N) is 1. The molecule has 2 aromatic rings. The molecule has 0 aliphatic rings. The van der Waals surface area contributed by atoms with Gasteiger partial charge in [0.05, 0.1) is 10.9 Å². The van der Waals surface area contributed by atoms with Crippen LogP contribution in [0.5, 0.6) is 0 Å². The summed E-state index contributed by atoms with van der Waals surface area (Å²) in [5, 5.41) is 0.514. The van der Waals surface area contributed by atoms with Gasteiger partial charge in [0.2, 0.25) is 0 Å². The van der Waals surface area contributed by atoms with E-state index in [0.717, 1.165) is 9.21 Å². The van der Waals surface area contributed by atoms with Crippen molar-refractivity contribution in [3.8, 4) is 0 Å². The summed E-state index contributed by atoms with van der Waals surface area (Å²) < 4.78 is 5.61. The van der Waals surface area contributed by atoms with E-state index >= 15 is 0 Å². The fourth-order valence-electron chi connectivity index (χ4n) is 1.38. The van der Waals surface area contributed by atoms with Crippen LogP contribution in [0.2, 0.25) is 4.34 Å². The Morgan fingerprint density at radius 1 is 1.55 bits per heavy atom. The highest BCUT2D eigenvalue weighted by atomic mass is 35.5. The summed E-state index contributed by atoms with van der Waals surface area (Å²) in [6, 6.07) is 3.80. The smallest absolute Gasteiger partial charge is 0.343 e. The van der Waals surface area contributed by atoms with E-state index in [1.54, 1.807) is 6.92 Å². The van der Waals surface area contributed by atoms with Crippen LogP contribution in [0.25, 0.3) is 0 Å². The van der Waals surface area contributed by atoms with Gasteiger partial charge in [-0.3, -0.25) is 0 Å². The summed E-state index contributed by atoms with van der Waals surface area (Å²) in [4.78, 5) is 20.9. The molecular formula is C12H12ClN3O2S2. The number of thioether (sulfide) groups is 1. The molecule has 0 spiro atoms. The first-order valence-corrected chi connectivity index (χ1v) is 7.94. The van der Waals surface area contributed by atoms with Gasteiger partial charge in [0.1, 0.15) is 11.4 Å². The molecule has 0 unspecified atom stereocenters. The maximum atomic E-state index is 11.6. The van der Waals surface area contributed by atoms with Gasteiger partial charge in [0, 0.05) is 16.8 Å². The normalized spacial score (nSPS) is 10.5. The van der Waals surface area contributed by atoms with Gasteiger partial charge in [-0.1, -0.05) is 23.4 Å². The van der Waals surface area contributed by atoms with Gasteiger partial charge < -0.3 is 10.5 Å². The van der Waals surface area contributed by atoms with E-state index in [4.69, 9.17) is 22.1 Å². The van der Waals surface area contributed by atoms with Crippen molar-refractivity contribution >= 4 is 46.5 Å². The SMILES string of the molecule is CCOC(=O)c1cnc(SCc2ccc(Cl)s2)nc1N. The van der Waals surface area contributed by atoms with Gasteiger partial charge in [-0.15, -0.1) is 11.3 Å². The molecule has 2 aromatic heterocycles. The second-order valence-electron chi connectivity index (χ2n) is 3.67. The van der Waals surface area contributed by atoms with Gasteiger partial charge in [0.15, 0.2) is 5.16 Å². The van der Waals surface area contributed by atoms with Crippen molar-refractivity contribution in [3.05, 3.63) is 33.1 Å². The van der Waals surface area contributed by atoms with Crippen LogP contribution < -0.4 is 5.73 Å². The Morgan fingerprint density at radius 3 is 2.95 bits per heavy atom. The molecule has 0 aliphatic carbocycles. The molecule has 0 radical (unpaired) electrons. The monoisotopic (exact) mass is 329 g/mol. The van der Waals surface area contributed by atoms with E-state index in [0.29, 0.717) is 10.9 Å². The van der Waals surface area contributed by atoms with Crippen molar-refractivity contribution in [2.24, 2.45) is 0 Å². The van der Waals surface area contributed by atoms with Crippen molar-refractivity contribution in [1.29, 1.82) is 0 Å². The number of nitrogen functional groups attached to an aromatic ring is 1. The van der Waals surface area contributed by atoms with Crippen molar-refractivity contribution in [1.82, 2.24) is 9.97 Å². The van der Waals surface area contributed by atoms with Crippen molar-refractivity contribution in [3.63, 3.8) is 0 Å². The molecule has 20 heavy (non-hydrogen) atoms. The van der Waals surface area contributed by atoms with E-state index < -0.39 is 5.97 Å². The van der Waals surface area contributed by atoms with Crippen LogP contribution >= 0.6 is 34.7 Å². The number of nitrogens with zero attached hydrogens (tertiary/aromatic N) is 2. The fraction of sp³-hybridized carbons (Fsp3) is 0.250. The Balaban J connectivity index is 2.03. The average Bonchev–Trinajstić information content (AvgIpc) is 2.82. The number of aromatic nitrogens is 2. The molecule has 2 heterocycles. The minimum Gasteiger partial charge on any atom is -0.462 e. The van der Waals surface area contributed by atoms with E-state index in [1.807, 2.05) is 12.1 Å².